The molecular formula is C5H8N2S2. The highest BCUT2D eigenvalue weighted by molar-refractivity contribution is 8.77. The van der Waals surface area contributed by atoms with Crippen molar-refractivity contribution in [1.82, 2.24) is 0 Å². The molecule has 9 heavy (non-hydrogen) atoms. The highest BCUT2D eigenvalue weighted by Gasteiger charge is 1.86. The predicted molar refractivity (Wildman–Crippen MR) is 43.3 cm³/mol. The second-order valence-corrected chi connectivity index (χ2v) is 3.43. The third-order valence-corrected chi connectivity index (χ3v) is 2.28. The van der Waals surface area contributed by atoms with E-state index >= 15 is 0 Å². The van der Waals surface area contributed by atoms with Gasteiger partial charge in [-0.3, -0.25) is 0 Å². The maximum atomic E-state index is 3.92. The van der Waals surface area contributed by atoms with Crippen LogP contribution >= 0.6 is 21.8 Å². The van der Waals surface area contributed by atoms with Crippen LogP contribution in [0.3, 0.4) is 0 Å². The van der Waals surface area contributed by atoms with E-state index in [0.29, 0.717) is 0 Å². The van der Waals surface area contributed by atoms with Crippen molar-refractivity contribution >= 4 is 21.8 Å². The van der Waals surface area contributed by atoms with Crippen LogP contribution in [0.25, 0.3) is 0 Å². The van der Waals surface area contributed by atoms with Crippen LogP contribution in [-0.4, -0.2) is 6.54 Å². The molecule has 0 aromatic heterocycles. The fourth-order valence-corrected chi connectivity index (χ4v) is 1.57. The maximum Gasteiger partial charge on any atom is 0.0716 e. The van der Waals surface area contributed by atoms with Gasteiger partial charge in [-0.25, -0.2) is 0 Å². The van der Waals surface area contributed by atoms with Gasteiger partial charge in [-0.05, 0) is 29.0 Å². The van der Waals surface area contributed by atoms with Crippen LogP contribution in [0.4, 0.5) is 0 Å². The molecule has 2 nitrogen and oxygen atoms in total. The Kier molecular flexibility index (Phi) is 3.87. The smallest absolute Gasteiger partial charge is 0.0716 e. The normalized spacial score (nSPS) is 27.6. The number of rotatable bonds is 0. The molecule has 1 heterocycles. The van der Waals surface area contributed by atoms with Crippen molar-refractivity contribution in [2.45, 2.75) is 12.8 Å². The minimum Gasteiger partial charge on any atom is -0.181 e. The molecule has 1 aliphatic heterocycles. The Labute approximate surface area is 62.7 Å². The largest absolute Gasteiger partial charge is 0.181 e. The van der Waals surface area contributed by atoms with Gasteiger partial charge in [0.05, 0.1) is 17.5 Å². The summed E-state index contributed by atoms with van der Waals surface area (Å²) >= 11 is 0. The summed E-state index contributed by atoms with van der Waals surface area (Å²) in [6.07, 6.45) is 4.42. The van der Waals surface area contributed by atoms with Crippen LogP contribution < -0.4 is 0 Å². The molecule has 0 bridgehead atoms. The first-order chi connectivity index (χ1) is 4.50. The first-order valence-corrected chi connectivity index (χ1v) is 5.01. The van der Waals surface area contributed by atoms with Gasteiger partial charge in [0.2, 0.25) is 0 Å². The molecule has 0 N–H and O–H groups in total. The molecule has 0 aliphatic carbocycles. The Morgan fingerprint density at radius 2 is 2.44 bits per heavy atom. The number of hydrogen-bond acceptors (Lipinski definition) is 4. The minimum atomic E-state index is 0.873. The molecule has 4 heteroatoms. The average Bonchev–Trinajstić information content (AvgIpc) is 2.00. The second kappa shape index (κ2) is 4.88. The average molecular weight is 160 g/mol. The number of allylic oxidation sites excluding steroid dienone is 1. The Balaban J connectivity index is 2.28. The number of nitrogens with zero attached hydrogens (tertiary/aromatic N) is 2. The van der Waals surface area contributed by atoms with Crippen LogP contribution in [-0.2, 0) is 0 Å². The summed E-state index contributed by atoms with van der Waals surface area (Å²) in [5, 5.41) is 5.98. The lowest BCUT2D eigenvalue weighted by Gasteiger charge is -1.83. The zero-order valence-corrected chi connectivity index (χ0v) is 6.62. The number of hydrogen-bond donors (Lipinski definition) is 0. The van der Waals surface area contributed by atoms with Crippen LogP contribution in [0.15, 0.2) is 21.1 Å². The highest BCUT2D eigenvalue weighted by Crippen LogP contribution is 2.24. The van der Waals surface area contributed by atoms with Gasteiger partial charge in [-0.15, -0.1) is 4.52 Å². The SMILES string of the molecule is C1=C\SS/N=N\CCC/1. The summed E-state index contributed by atoms with van der Waals surface area (Å²) in [5.41, 5.74) is 0. The van der Waals surface area contributed by atoms with Gasteiger partial charge in [0.25, 0.3) is 0 Å². The lowest BCUT2D eigenvalue weighted by molar-refractivity contribution is 0.830. The zero-order valence-electron chi connectivity index (χ0n) is 4.99. The summed E-state index contributed by atoms with van der Waals surface area (Å²) in [6.45, 7) is 0.873. The van der Waals surface area contributed by atoms with E-state index in [1.807, 2.05) is 0 Å². The van der Waals surface area contributed by atoms with E-state index in [4.69, 9.17) is 0 Å². The Morgan fingerprint density at radius 1 is 1.44 bits per heavy atom. The van der Waals surface area contributed by atoms with Crippen molar-refractivity contribution in [3.63, 3.8) is 0 Å². The second-order valence-electron chi connectivity index (χ2n) is 1.63. The van der Waals surface area contributed by atoms with Crippen molar-refractivity contribution in [3.8, 4) is 0 Å². The third kappa shape index (κ3) is 3.59. The molecule has 0 saturated heterocycles. The molecule has 0 saturated carbocycles. The van der Waals surface area contributed by atoms with Crippen LogP contribution in [0, 0.1) is 0 Å². The van der Waals surface area contributed by atoms with Crippen molar-refractivity contribution in [2.75, 3.05) is 6.54 Å². The van der Waals surface area contributed by atoms with Crippen molar-refractivity contribution in [3.05, 3.63) is 11.5 Å². The molecule has 0 atom stereocenters. The molecule has 1 rings (SSSR count). The van der Waals surface area contributed by atoms with Gasteiger partial charge < -0.3 is 0 Å². The Morgan fingerprint density at radius 3 is 3.44 bits per heavy atom. The van der Waals surface area contributed by atoms with E-state index in [9.17, 15) is 0 Å². The maximum absolute atomic E-state index is 3.92. The summed E-state index contributed by atoms with van der Waals surface area (Å²) in [4.78, 5) is 0. The third-order valence-electron chi connectivity index (χ3n) is 0.915. The monoisotopic (exact) mass is 160 g/mol. The van der Waals surface area contributed by atoms with Gasteiger partial charge >= 0.3 is 0 Å². The van der Waals surface area contributed by atoms with Gasteiger partial charge in [0.1, 0.15) is 0 Å². The molecule has 0 aromatic carbocycles. The van der Waals surface area contributed by atoms with E-state index in [1.54, 1.807) is 10.8 Å². The highest BCUT2D eigenvalue weighted by atomic mass is 33.1. The minimum absolute atomic E-state index is 0.873. The van der Waals surface area contributed by atoms with Gasteiger partial charge in [-0.1, -0.05) is 6.08 Å². The van der Waals surface area contributed by atoms with Crippen LogP contribution in [0.5, 0.6) is 0 Å². The van der Waals surface area contributed by atoms with E-state index in [-0.39, 0.29) is 0 Å². The topological polar surface area (TPSA) is 24.7 Å². The predicted octanol–water partition coefficient (Wildman–Crippen LogP) is 3.04. The van der Waals surface area contributed by atoms with Crippen molar-refractivity contribution < 1.29 is 0 Å². The van der Waals surface area contributed by atoms with Gasteiger partial charge in [-0.2, -0.15) is 5.11 Å². The molecule has 0 radical (unpaired) electrons. The molecular weight excluding hydrogens is 152 g/mol. The molecule has 0 aromatic rings. The summed E-state index contributed by atoms with van der Waals surface area (Å²) in [5.74, 6) is 0. The molecule has 1 aliphatic rings. The Hall–Kier alpha value is 0.0400. The summed E-state index contributed by atoms with van der Waals surface area (Å²) < 4.78 is 3.84. The molecule has 0 unspecified atom stereocenters. The van der Waals surface area contributed by atoms with E-state index in [2.05, 4.69) is 21.1 Å². The lowest BCUT2D eigenvalue weighted by atomic mass is 10.3. The van der Waals surface area contributed by atoms with Gasteiger partial charge in [0.15, 0.2) is 0 Å². The van der Waals surface area contributed by atoms with Crippen molar-refractivity contribution in [2.24, 2.45) is 9.63 Å². The molecule has 0 amide bonds. The summed E-state index contributed by atoms with van der Waals surface area (Å²) in [6, 6.07) is 0. The first-order valence-electron chi connectivity index (χ1n) is 2.84. The quantitative estimate of drug-likeness (QED) is 0.402. The van der Waals surface area contributed by atoms with E-state index in [1.165, 1.54) is 11.0 Å². The van der Waals surface area contributed by atoms with E-state index < -0.39 is 0 Å². The first kappa shape index (κ1) is 7.15. The molecule has 50 valence electrons. The molecule has 0 spiro atoms. The summed E-state index contributed by atoms with van der Waals surface area (Å²) in [7, 11) is 3.05. The zero-order chi connectivity index (χ0) is 6.36. The van der Waals surface area contributed by atoms with Crippen molar-refractivity contribution in [1.29, 1.82) is 0 Å². The standard InChI is InChI=1S/C5H8N2S2/c1-2-4-6-7-9-8-5-3-1/h3,5H,1-2,4H2/b5-3-,7-6-. The lowest BCUT2D eigenvalue weighted by Crippen LogP contribution is -1.74. The fraction of sp³-hybridized carbons (Fsp3) is 0.600. The van der Waals surface area contributed by atoms with E-state index in [0.717, 1.165) is 19.4 Å². The molecule has 0 fully saturated rings. The van der Waals surface area contributed by atoms with Crippen LogP contribution in [0.2, 0.25) is 0 Å². The van der Waals surface area contributed by atoms with Crippen LogP contribution in [0.1, 0.15) is 12.8 Å². The fourth-order valence-electron chi connectivity index (χ4n) is 0.496. The Bertz CT molecular complexity index is 108. The van der Waals surface area contributed by atoms with Gasteiger partial charge in [0, 0.05) is 0 Å².